The van der Waals surface area contributed by atoms with Crippen LogP contribution in [0, 0.1) is 5.92 Å². The Kier molecular flexibility index (Phi) is 6.15. The average Bonchev–Trinajstić information content (AvgIpc) is 2.92. The molecule has 182 valence electrons. The molecule has 5 rings (SSSR count). The Hall–Kier alpha value is -4.25. The van der Waals surface area contributed by atoms with E-state index >= 15 is 0 Å². The van der Waals surface area contributed by atoms with E-state index < -0.39 is 5.60 Å². The third-order valence-electron chi connectivity index (χ3n) is 6.47. The van der Waals surface area contributed by atoms with Crippen LogP contribution in [0.3, 0.4) is 0 Å². The highest BCUT2D eigenvalue weighted by Crippen LogP contribution is 2.48. The van der Waals surface area contributed by atoms with Crippen LogP contribution in [0.25, 0.3) is 16.8 Å². The molecule has 0 aliphatic carbocycles. The van der Waals surface area contributed by atoms with E-state index in [0.29, 0.717) is 11.5 Å². The van der Waals surface area contributed by atoms with Crippen LogP contribution in [-0.2, 0) is 10.4 Å². The molecule has 4 aromatic rings. The van der Waals surface area contributed by atoms with E-state index in [0.717, 1.165) is 39.0 Å². The molecule has 0 spiro atoms. The molecule has 1 aliphatic heterocycles. The fourth-order valence-electron chi connectivity index (χ4n) is 4.43. The van der Waals surface area contributed by atoms with Crippen LogP contribution in [0.4, 0.5) is 0 Å². The Morgan fingerprint density at radius 2 is 1.42 bits per heavy atom. The molecule has 36 heavy (non-hydrogen) atoms. The monoisotopic (exact) mass is 480 g/mol. The SMILES string of the molecule is COc1ccc(C2(c3ccc(OC)cc3)C=Cc3c(OC(=O)C(C)C)cc4ccccc4c3O2)cc1. The zero-order chi connectivity index (χ0) is 25.3. The Labute approximate surface area is 210 Å². The van der Waals surface area contributed by atoms with E-state index in [1.807, 2.05) is 105 Å². The summed E-state index contributed by atoms with van der Waals surface area (Å²) in [6.45, 7) is 3.64. The molecule has 4 aromatic carbocycles. The van der Waals surface area contributed by atoms with Gasteiger partial charge in [0.2, 0.25) is 0 Å². The van der Waals surface area contributed by atoms with Crippen LogP contribution in [-0.4, -0.2) is 20.2 Å². The maximum absolute atomic E-state index is 12.5. The Morgan fingerprint density at radius 3 is 1.97 bits per heavy atom. The molecule has 0 radical (unpaired) electrons. The van der Waals surface area contributed by atoms with Crippen molar-refractivity contribution in [2.24, 2.45) is 5.92 Å². The number of carbonyl (C=O) groups excluding carboxylic acids is 1. The number of hydrogen-bond acceptors (Lipinski definition) is 5. The lowest BCUT2D eigenvalue weighted by atomic mass is 9.83. The standard InChI is InChI=1S/C31H28O5/c1-20(2)30(32)35-28-19-21-7-5-6-8-26(21)29-27(28)17-18-31(36-29,22-9-13-24(33-3)14-10-22)23-11-15-25(34-4)16-12-23/h5-20H,1-4H3. The van der Waals surface area contributed by atoms with E-state index in [2.05, 4.69) is 0 Å². The second kappa shape index (κ2) is 9.42. The van der Waals surface area contributed by atoms with E-state index in [1.54, 1.807) is 14.2 Å². The molecule has 0 unspecified atom stereocenters. The molecule has 5 nitrogen and oxygen atoms in total. The van der Waals surface area contributed by atoms with Crippen molar-refractivity contribution >= 4 is 22.8 Å². The fraction of sp³-hybridized carbons (Fsp3) is 0.194. The molecule has 0 aromatic heterocycles. The summed E-state index contributed by atoms with van der Waals surface area (Å²) in [6.07, 6.45) is 4.00. The number of fused-ring (bicyclic) bond motifs is 3. The van der Waals surface area contributed by atoms with Crippen molar-refractivity contribution in [2.45, 2.75) is 19.4 Å². The molecule has 0 atom stereocenters. The minimum absolute atomic E-state index is 0.252. The van der Waals surface area contributed by atoms with Gasteiger partial charge in [-0.3, -0.25) is 4.79 Å². The van der Waals surface area contributed by atoms with Gasteiger partial charge in [0, 0.05) is 16.5 Å². The normalized spacial score (nSPS) is 13.7. The predicted molar refractivity (Wildman–Crippen MR) is 141 cm³/mol. The molecular weight excluding hydrogens is 452 g/mol. The van der Waals surface area contributed by atoms with Crippen molar-refractivity contribution in [3.05, 3.63) is 102 Å². The first-order valence-electron chi connectivity index (χ1n) is 11.9. The molecule has 5 heteroatoms. The van der Waals surface area contributed by atoms with Gasteiger partial charge in [0.1, 0.15) is 23.0 Å². The second-order valence-corrected chi connectivity index (χ2v) is 9.04. The summed E-state index contributed by atoms with van der Waals surface area (Å²) in [7, 11) is 3.29. The number of carbonyl (C=O) groups is 1. The van der Waals surface area contributed by atoms with Gasteiger partial charge < -0.3 is 18.9 Å². The van der Waals surface area contributed by atoms with Crippen molar-refractivity contribution in [3.8, 4) is 23.0 Å². The number of ether oxygens (including phenoxy) is 4. The highest BCUT2D eigenvalue weighted by molar-refractivity contribution is 5.96. The largest absolute Gasteiger partial charge is 0.497 e. The van der Waals surface area contributed by atoms with Gasteiger partial charge >= 0.3 is 5.97 Å². The first-order valence-corrected chi connectivity index (χ1v) is 11.9. The summed E-state index contributed by atoms with van der Waals surface area (Å²) >= 11 is 0. The van der Waals surface area contributed by atoms with Crippen molar-refractivity contribution < 1.29 is 23.7 Å². The molecule has 1 heterocycles. The smallest absolute Gasteiger partial charge is 0.313 e. The van der Waals surface area contributed by atoms with Gasteiger partial charge in [-0.25, -0.2) is 0 Å². The number of hydrogen-bond donors (Lipinski definition) is 0. The molecular formula is C31H28O5. The zero-order valence-corrected chi connectivity index (χ0v) is 20.8. The molecule has 0 N–H and O–H groups in total. The summed E-state index contributed by atoms with van der Waals surface area (Å²) in [5.41, 5.74) is 1.68. The molecule has 0 amide bonds. The minimum atomic E-state index is -0.922. The molecule has 0 fully saturated rings. The van der Waals surface area contributed by atoms with Crippen LogP contribution < -0.4 is 18.9 Å². The van der Waals surface area contributed by atoms with E-state index in [1.165, 1.54) is 0 Å². The van der Waals surface area contributed by atoms with E-state index in [-0.39, 0.29) is 11.9 Å². The van der Waals surface area contributed by atoms with Gasteiger partial charge in [0.25, 0.3) is 0 Å². The average molecular weight is 481 g/mol. The minimum Gasteiger partial charge on any atom is -0.497 e. The molecule has 0 saturated heterocycles. The van der Waals surface area contributed by atoms with Crippen molar-refractivity contribution in [1.82, 2.24) is 0 Å². The van der Waals surface area contributed by atoms with E-state index in [4.69, 9.17) is 18.9 Å². The van der Waals surface area contributed by atoms with Gasteiger partial charge in [-0.2, -0.15) is 0 Å². The van der Waals surface area contributed by atoms with Crippen LogP contribution in [0.15, 0.2) is 84.9 Å². The van der Waals surface area contributed by atoms with Gasteiger partial charge in [0.15, 0.2) is 5.60 Å². The Balaban J connectivity index is 1.73. The molecule has 0 saturated carbocycles. The van der Waals surface area contributed by atoms with Crippen molar-refractivity contribution in [3.63, 3.8) is 0 Å². The number of rotatable bonds is 6. The molecule has 0 bridgehead atoms. The molecule has 1 aliphatic rings. The second-order valence-electron chi connectivity index (χ2n) is 9.04. The highest BCUT2D eigenvalue weighted by Gasteiger charge is 2.39. The van der Waals surface area contributed by atoms with Gasteiger partial charge in [-0.15, -0.1) is 0 Å². The summed E-state index contributed by atoms with van der Waals surface area (Å²) < 4.78 is 23.6. The first-order chi connectivity index (χ1) is 17.4. The lowest BCUT2D eigenvalue weighted by Crippen LogP contribution is -2.34. The topological polar surface area (TPSA) is 54.0 Å². The lowest BCUT2D eigenvalue weighted by molar-refractivity contribution is -0.137. The number of benzene rings is 4. The van der Waals surface area contributed by atoms with Crippen LogP contribution in [0.1, 0.15) is 30.5 Å². The maximum Gasteiger partial charge on any atom is 0.313 e. The zero-order valence-electron chi connectivity index (χ0n) is 20.8. The summed E-state index contributed by atoms with van der Waals surface area (Å²) in [5, 5.41) is 1.86. The van der Waals surface area contributed by atoms with Crippen LogP contribution in [0.2, 0.25) is 0 Å². The lowest BCUT2D eigenvalue weighted by Gasteiger charge is -2.37. The highest BCUT2D eigenvalue weighted by atomic mass is 16.5. The summed E-state index contributed by atoms with van der Waals surface area (Å²) in [5.74, 6) is 2.13. The summed E-state index contributed by atoms with van der Waals surface area (Å²) in [4.78, 5) is 12.5. The third kappa shape index (κ3) is 4.07. The first kappa shape index (κ1) is 23.5. The van der Waals surface area contributed by atoms with Gasteiger partial charge in [-0.1, -0.05) is 62.4 Å². The fourth-order valence-corrected chi connectivity index (χ4v) is 4.43. The number of methoxy groups -OCH3 is 2. The Bertz CT molecular complexity index is 1390. The van der Waals surface area contributed by atoms with Crippen molar-refractivity contribution in [1.29, 1.82) is 0 Å². The van der Waals surface area contributed by atoms with Gasteiger partial charge in [-0.05, 0) is 47.9 Å². The quantitative estimate of drug-likeness (QED) is 0.225. The van der Waals surface area contributed by atoms with Gasteiger partial charge in [0.05, 0.1) is 25.7 Å². The maximum atomic E-state index is 12.5. The van der Waals surface area contributed by atoms with Crippen LogP contribution >= 0.6 is 0 Å². The summed E-state index contributed by atoms with van der Waals surface area (Å²) in [6, 6.07) is 25.6. The third-order valence-corrected chi connectivity index (χ3v) is 6.47. The Morgan fingerprint density at radius 1 is 0.833 bits per heavy atom. The van der Waals surface area contributed by atoms with E-state index in [9.17, 15) is 4.79 Å². The van der Waals surface area contributed by atoms with Crippen molar-refractivity contribution in [2.75, 3.05) is 14.2 Å². The number of esters is 1. The predicted octanol–water partition coefficient (Wildman–Crippen LogP) is 6.77. The van der Waals surface area contributed by atoms with Crippen LogP contribution in [0.5, 0.6) is 23.0 Å².